The van der Waals surface area contributed by atoms with Crippen LogP contribution in [0.25, 0.3) is 44.6 Å². The SMILES string of the molecule is C[C@@H](Oc1cc(-c2ccc(N3CCN(S(C)(=O)=O)CC3)cn2)cc2ncn(C3CC3)c12)[C@H]1CNC(=O)C1.C[C@@H](Oc1cc(-c2ccc(N3CCNCC3)cn2)cc2ncn(C3CC3)c12)[C@H]1CNC(=O)C1. The van der Waals surface area contributed by atoms with Gasteiger partial charge in [-0.15, -0.1) is 0 Å². The number of fused-ring (bicyclic) bond motifs is 2. The molecule has 12 rings (SSSR count). The Morgan fingerprint density at radius 1 is 0.614 bits per heavy atom. The number of hydrogen-bond acceptors (Lipinski definition) is 13. The summed E-state index contributed by atoms with van der Waals surface area (Å²) in [6, 6.07) is 17.5. The largest absolute Gasteiger partial charge is 0.488 e. The van der Waals surface area contributed by atoms with Gasteiger partial charge in [-0.3, -0.25) is 19.6 Å². The van der Waals surface area contributed by atoms with Crippen LogP contribution in [0.4, 0.5) is 11.4 Å². The molecule has 6 fully saturated rings. The van der Waals surface area contributed by atoms with E-state index in [1.165, 1.54) is 23.4 Å². The zero-order valence-electron chi connectivity index (χ0n) is 40.1. The fraction of sp³-hybridized carbons (Fsp3) is 0.490. The fourth-order valence-corrected chi connectivity index (χ4v) is 11.0. The van der Waals surface area contributed by atoms with Crippen molar-refractivity contribution in [1.82, 2.24) is 49.3 Å². The third kappa shape index (κ3) is 9.87. The van der Waals surface area contributed by atoms with Crippen molar-refractivity contribution in [3.8, 4) is 34.0 Å². The minimum Gasteiger partial charge on any atom is -0.488 e. The number of rotatable bonds is 13. The number of piperazine rings is 2. The summed E-state index contributed by atoms with van der Waals surface area (Å²) in [6.07, 6.45) is 14.3. The van der Waals surface area contributed by atoms with Gasteiger partial charge in [0.05, 0.1) is 65.1 Å². The van der Waals surface area contributed by atoms with Gasteiger partial charge in [0.1, 0.15) is 34.7 Å². The number of ether oxygens (including phenoxy) is 2. The van der Waals surface area contributed by atoms with E-state index in [4.69, 9.17) is 24.4 Å². The van der Waals surface area contributed by atoms with E-state index >= 15 is 0 Å². The van der Waals surface area contributed by atoms with Crippen LogP contribution in [0.15, 0.2) is 73.6 Å². The molecule has 4 aliphatic heterocycles. The Morgan fingerprint density at radius 2 is 1.07 bits per heavy atom. The molecule has 6 aromatic rings. The zero-order valence-corrected chi connectivity index (χ0v) is 40.9. The van der Waals surface area contributed by atoms with Crippen molar-refractivity contribution < 1.29 is 27.5 Å². The Hall–Kier alpha value is -6.31. The lowest BCUT2D eigenvalue weighted by atomic mass is 10.0. The number of carbonyl (C=O) groups excluding carboxylic acids is 2. The van der Waals surface area contributed by atoms with E-state index in [0.29, 0.717) is 64.2 Å². The van der Waals surface area contributed by atoms with Gasteiger partial charge in [-0.05, 0) is 88.1 Å². The molecule has 4 saturated heterocycles. The van der Waals surface area contributed by atoms with Gasteiger partial charge in [-0.2, -0.15) is 4.31 Å². The smallest absolute Gasteiger partial charge is 0.220 e. The Labute approximate surface area is 408 Å². The third-order valence-corrected chi connectivity index (χ3v) is 16.1. The van der Waals surface area contributed by atoms with Gasteiger partial charge in [0.25, 0.3) is 0 Å². The molecule has 2 aliphatic carbocycles. The molecule has 368 valence electrons. The first-order chi connectivity index (χ1) is 33.9. The number of sulfonamides is 1. The van der Waals surface area contributed by atoms with E-state index in [1.54, 1.807) is 0 Å². The molecule has 0 bridgehead atoms. The maximum Gasteiger partial charge on any atom is 0.220 e. The second-order valence-corrected chi connectivity index (χ2v) is 21.8. The summed E-state index contributed by atoms with van der Waals surface area (Å²) in [4.78, 5) is 46.9. The third-order valence-electron chi connectivity index (χ3n) is 14.8. The Kier molecular flexibility index (Phi) is 12.6. The van der Waals surface area contributed by atoms with Crippen LogP contribution < -0.4 is 35.2 Å². The summed E-state index contributed by atoms with van der Waals surface area (Å²) in [6.45, 7) is 11.6. The maximum atomic E-state index is 11.8. The van der Waals surface area contributed by atoms with Crippen LogP contribution >= 0.6 is 0 Å². The van der Waals surface area contributed by atoms with E-state index < -0.39 is 10.0 Å². The number of carbonyl (C=O) groups is 2. The first kappa shape index (κ1) is 46.1. The summed E-state index contributed by atoms with van der Waals surface area (Å²) in [5.74, 6) is 2.07. The number of benzene rings is 2. The topological polar surface area (TPSA) is 194 Å². The summed E-state index contributed by atoms with van der Waals surface area (Å²) >= 11 is 0. The molecule has 70 heavy (non-hydrogen) atoms. The second-order valence-electron chi connectivity index (χ2n) is 19.8. The molecule has 0 spiro atoms. The fourth-order valence-electron chi connectivity index (χ4n) is 10.2. The van der Waals surface area contributed by atoms with E-state index in [-0.39, 0.29) is 35.9 Å². The van der Waals surface area contributed by atoms with Crippen molar-refractivity contribution in [2.24, 2.45) is 11.8 Å². The lowest BCUT2D eigenvalue weighted by Crippen LogP contribution is -2.48. The Balaban J connectivity index is 0.000000153. The van der Waals surface area contributed by atoms with E-state index in [2.05, 4.69) is 77.1 Å². The molecule has 19 heteroatoms. The monoisotopic (exact) mass is 970 g/mol. The first-order valence-electron chi connectivity index (χ1n) is 24.9. The minimum absolute atomic E-state index is 0.0735. The average Bonchev–Trinajstić information content (AvgIpc) is 4.20. The molecule has 6 aliphatic rings. The molecule has 0 radical (unpaired) electrons. The van der Waals surface area contributed by atoms with Crippen molar-refractivity contribution in [2.45, 2.75) is 76.7 Å². The highest BCUT2D eigenvalue weighted by molar-refractivity contribution is 7.88. The molecule has 2 amide bonds. The van der Waals surface area contributed by atoms with Gasteiger partial charge < -0.3 is 44.4 Å². The van der Waals surface area contributed by atoms with Crippen LogP contribution in [0, 0.1) is 11.8 Å². The molecule has 2 aromatic carbocycles. The van der Waals surface area contributed by atoms with Gasteiger partial charge in [-0.1, -0.05) is 0 Å². The molecule has 18 nitrogen and oxygen atoms in total. The number of imidazole rings is 2. The molecular formula is C51H62N12O6S. The second kappa shape index (κ2) is 19.1. The summed E-state index contributed by atoms with van der Waals surface area (Å²) in [5, 5.41) is 9.22. The number of anilines is 2. The summed E-state index contributed by atoms with van der Waals surface area (Å²) in [5.41, 5.74) is 9.61. The molecule has 8 heterocycles. The quantitative estimate of drug-likeness (QED) is 0.138. The minimum atomic E-state index is -3.16. The molecular weight excluding hydrogens is 909 g/mol. The van der Waals surface area contributed by atoms with Crippen LogP contribution in [-0.2, 0) is 19.6 Å². The molecule has 3 N–H and O–H groups in total. The van der Waals surface area contributed by atoms with Gasteiger partial charge in [0.2, 0.25) is 21.8 Å². The molecule has 4 atom stereocenters. The van der Waals surface area contributed by atoms with Crippen molar-refractivity contribution in [1.29, 1.82) is 0 Å². The van der Waals surface area contributed by atoms with Crippen LogP contribution in [0.2, 0.25) is 0 Å². The zero-order chi connectivity index (χ0) is 48.1. The van der Waals surface area contributed by atoms with Crippen LogP contribution in [0.1, 0.15) is 64.5 Å². The highest BCUT2D eigenvalue weighted by atomic mass is 32.2. The normalized spacial score (nSPS) is 21.9. The van der Waals surface area contributed by atoms with Gasteiger partial charge >= 0.3 is 0 Å². The van der Waals surface area contributed by atoms with Crippen LogP contribution in [-0.4, -0.2) is 138 Å². The first-order valence-corrected chi connectivity index (χ1v) is 26.7. The highest BCUT2D eigenvalue weighted by Crippen LogP contribution is 2.43. The number of nitrogens with one attached hydrogen (secondary N) is 3. The number of aromatic nitrogens is 6. The van der Waals surface area contributed by atoms with Gasteiger partial charge in [0, 0.05) is 113 Å². The average molecular weight is 971 g/mol. The Morgan fingerprint density at radius 3 is 1.46 bits per heavy atom. The number of hydrogen-bond donors (Lipinski definition) is 3. The van der Waals surface area contributed by atoms with E-state index in [9.17, 15) is 18.0 Å². The van der Waals surface area contributed by atoms with Crippen molar-refractivity contribution >= 4 is 55.3 Å². The lowest BCUT2D eigenvalue weighted by molar-refractivity contribution is -0.120. The highest BCUT2D eigenvalue weighted by Gasteiger charge is 2.33. The number of pyridine rings is 2. The predicted molar refractivity (Wildman–Crippen MR) is 269 cm³/mol. The summed E-state index contributed by atoms with van der Waals surface area (Å²) in [7, 11) is -3.16. The van der Waals surface area contributed by atoms with Crippen molar-refractivity contribution in [2.75, 3.05) is 81.5 Å². The molecule has 4 aromatic heterocycles. The van der Waals surface area contributed by atoms with Crippen molar-refractivity contribution in [3.63, 3.8) is 0 Å². The number of nitrogens with zero attached hydrogens (tertiary/aromatic N) is 9. The van der Waals surface area contributed by atoms with Gasteiger partial charge in [-0.25, -0.2) is 18.4 Å². The van der Waals surface area contributed by atoms with E-state index in [1.807, 2.05) is 50.2 Å². The lowest BCUT2D eigenvalue weighted by Gasteiger charge is -2.34. The standard InChI is InChI=1S/C26H32N6O4S.C25H30N6O2/c1-17(19-13-25(33)28-14-19)36-24-12-18(11-23-26(24)32(16-29-23)20-3-4-20)22-6-5-21(15-27-22)30-7-9-31(10-8-30)37(2,34)35;1-16(18-12-24(32)28-13-18)33-23-11-17(10-22-25(23)31(15-29-22)19-2-3-19)21-5-4-20(14-27-21)30-8-6-26-7-9-30/h5-6,11-12,15-17,19-20H,3-4,7-10,13-14H2,1-2H3,(H,28,33);4-5,10-11,14-16,18-19,26H,2-3,6-9,12-13H2,1H3,(H,28,32)/t17-,19-;16-,18-/m11/s1. The number of amides is 2. The molecule has 2 saturated carbocycles. The van der Waals surface area contributed by atoms with Crippen LogP contribution in [0.5, 0.6) is 11.5 Å². The Bertz CT molecular complexity index is 2990. The van der Waals surface area contributed by atoms with Crippen molar-refractivity contribution in [3.05, 3.63) is 73.6 Å². The maximum absolute atomic E-state index is 11.8. The van der Waals surface area contributed by atoms with Gasteiger partial charge in [0.15, 0.2) is 0 Å². The predicted octanol–water partition coefficient (Wildman–Crippen LogP) is 5.16. The van der Waals surface area contributed by atoms with E-state index in [0.717, 1.165) is 106 Å². The van der Waals surface area contributed by atoms with Crippen LogP contribution in [0.3, 0.4) is 0 Å². The summed E-state index contributed by atoms with van der Waals surface area (Å²) < 4.78 is 42.6. The molecule has 0 unspecified atom stereocenters.